The zero-order valence-electron chi connectivity index (χ0n) is 12.3. The van der Waals surface area contributed by atoms with Gasteiger partial charge in [-0.05, 0) is 22.9 Å². The molecule has 0 spiro atoms. The number of anilines is 1. The number of nitrogens with one attached hydrogen (secondary N) is 2. The van der Waals surface area contributed by atoms with E-state index in [2.05, 4.69) is 31.2 Å². The van der Waals surface area contributed by atoms with Crippen molar-refractivity contribution in [3.8, 4) is 5.75 Å². The van der Waals surface area contributed by atoms with Gasteiger partial charge in [0.05, 0.1) is 11.2 Å². The van der Waals surface area contributed by atoms with Crippen LogP contribution in [0, 0.1) is 0 Å². The summed E-state index contributed by atoms with van der Waals surface area (Å²) in [6.45, 7) is 0.376. The number of hydrazone groups is 1. The number of ether oxygens (including phenoxy) is 1. The van der Waals surface area contributed by atoms with Crippen molar-refractivity contribution in [1.29, 1.82) is 0 Å². The van der Waals surface area contributed by atoms with Crippen LogP contribution in [0.15, 0.2) is 47.6 Å². The predicted octanol–water partition coefficient (Wildman–Crippen LogP) is 3.53. The van der Waals surface area contributed by atoms with Crippen LogP contribution in [0.5, 0.6) is 5.75 Å². The van der Waals surface area contributed by atoms with Crippen molar-refractivity contribution in [1.82, 2.24) is 20.6 Å². The zero-order chi connectivity index (χ0) is 16.8. The maximum atomic E-state index is 6.25. The summed E-state index contributed by atoms with van der Waals surface area (Å²) in [6.07, 6.45) is 1.52. The Bertz CT molecular complexity index is 823. The molecule has 0 fully saturated rings. The van der Waals surface area contributed by atoms with Crippen molar-refractivity contribution in [3.05, 3.63) is 63.6 Å². The van der Waals surface area contributed by atoms with Gasteiger partial charge in [0.25, 0.3) is 5.95 Å². The first-order valence-corrected chi connectivity index (χ1v) is 7.66. The summed E-state index contributed by atoms with van der Waals surface area (Å²) in [4.78, 5) is 0. The first kappa shape index (κ1) is 16.2. The fraction of sp³-hybridized carbons (Fsp3) is 0.0667. The van der Waals surface area contributed by atoms with Crippen molar-refractivity contribution in [3.63, 3.8) is 0 Å². The van der Waals surface area contributed by atoms with Crippen LogP contribution in [0.4, 0.5) is 5.95 Å². The topological polar surface area (TPSA) is 88.1 Å². The number of tetrazole rings is 1. The summed E-state index contributed by atoms with van der Waals surface area (Å²) < 4.78 is 5.84. The van der Waals surface area contributed by atoms with Gasteiger partial charge in [-0.25, -0.2) is 5.43 Å². The minimum Gasteiger partial charge on any atom is -0.487 e. The molecule has 0 atom stereocenters. The van der Waals surface area contributed by atoms with Crippen LogP contribution in [0.1, 0.15) is 11.1 Å². The van der Waals surface area contributed by atoms with Gasteiger partial charge in [0.15, 0.2) is 0 Å². The molecular weight excluding hydrogens is 351 g/mol. The number of aromatic nitrogens is 4. The maximum Gasteiger partial charge on any atom is 0.283 e. The predicted molar refractivity (Wildman–Crippen MR) is 92.6 cm³/mol. The Hall–Kier alpha value is -2.64. The van der Waals surface area contributed by atoms with E-state index in [0.29, 0.717) is 28.0 Å². The fourth-order valence-corrected chi connectivity index (χ4v) is 2.49. The summed E-state index contributed by atoms with van der Waals surface area (Å²) in [6, 6.07) is 13.1. The number of hydrogen-bond acceptors (Lipinski definition) is 6. The van der Waals surface area contributed by atoms with Crippen molar-refractivity contribution in [2.75, 3.05) is 5.43 Å². The smallest absolute Gasteiger partial charge is 0.283 e. The third-order valence-electron chi connectivity index (χ3n) is 2.98. The highest BCUT2D eigenvalue weighted by atomic mass is 35.5. The maximum absolute atomic E-state index is 6.25. The third-order valence-corrected chi connectivity index (χ3v) is 3.48. The Morgan fingerprint density at radius 3 is 2.79 bits per heavy atom. The van der Waals surface area contributed by atoms with E-state index in [4.69, 9.17) is 27.9 Å². The average molecular weight is 363 g/mol. The summed E-state index contributed by atoms with van der Waals surface area (Å²) in [7, 11) is 0. The van der Waals surface area contributed by atoms with Crippen LogP contribution in [-0.2, 0) is 6.61 Å². The van der Waals surface area contributed by atoms with Gasteiger partial charge in [-0.15, -0.1) is 5.10 Å². The van der Waals surface area contributed by atoms with Crippen LogP contribution in [-0.4, -0.2) is 26.8 Å². The molecule has 0 amide bonds. The van der Waals surface area contributed by atoms with Gasteiger partial charge in [-0.1, -0.05) is 58.6 Å². The molecule has 0 saturated carbocycles. The number of benzene rings is 2. The van der Waals surface area contributed by atoms with Crippen LogP contribution in [0.25, 0.3) is 0 Å². The Labute approximate surface area is 147 Å². The van der Waals surface area contributed by atoms with Gasteiger partial charge < -0.3 is 4.74 Å². The van der Waals surface area contributed by atoms with E-state index in [-0.39, 0.29) is 5.95 Å². The van der Waals surface area contributed by atoms with E-state index in [1.807, 2.05) is 30.3 Å². The number of hydrogen-bond donors (Lipinski definition) is 2. The summed E-state index contributed by atoms with van der Waals surface area (Å²) in [5.41, 5.74) is 4.27. The molecule has 3 aromatic rings. The van der Waals surface area contributed by atoms with Crippen LogP contribution < -0.4 is 10.2 Å². The highest BCUT2D eigenvalue weighted by molar-refractivity contribution is 6.36. The number of aromatic amines is 1. The van der Waals surface area contributed by atoms with E-state index in [1.54, 1.807) is 12.1 Å². The molecule has 3 rings (SSSR count). The van der Waals surface area contributed by atoms with E-state index >= 15 is 0 Å². The standard InChI is InChI=1S/C15H12Cl2N6O/c16-12-6-11(8-18-19-15-20-22-23-21-15)14(13(17)7-12)24-9-10-4-2-1-3-5-10/h1-8H,9H2,(H2,19,20,21,22,23)/b18-8+. The number of halogens is 2. The number of H-pyrrole nitrogens is 1. The van der Waals surface area contributed by atoms with Gasteiger partial charge >= 0.3 is 0 Å². The Kier molecular flexibility index (Phi) is 5.25. The van der Waals surface area contributed by atoms with E-state index in [1.165, 1.54) is 6.21 Å². The molecule has 1 aromatic heterocycles. The molecule has 24 heavy (non-hydrogen) atoms. The molecule has 0 aliphatic rings. The monoisotopic (exact) mass is 362 g/mol. The van der Waals surface area contributed by atoms with Gasteiger partial charge in [0.2, 0.25) is 0 Å². The molecule has 1 heterocycles. The van der Waals surface area contributed by atoms with Crippen molar-refractivity contribution < 1.29 is 4.74 Å². The zero-order valence-corrected chi connectivity index (χ0v) is 13.8. The molecule has 0 aliphatic heterocycles. The first-order valence-electron chi connectivity index (χ1n) is 6.90. The Balaban J connectivity index is 1.78. The Morgan fingerprint density at radius 2 is 2.04 bits per heavy atom. The van der Waals surface area contributed by atoms with Crippen LogP contribution in [0.2, 0.25) is 10.0 Å². The molecular formula is C15H12Cl2N6O. The highest BCUT2D eigenvalue weighted by Crippen LogP contribution is 2.32. The van der Waals surface area contributed by atoms with Gasteiger partial charge in [-0.3, -0.25) is 0 Å². The van der Waals surface area contributed by atoms with Crippen molar-refractivity contribution in [2.45, 2.75) is 6.61 Å². The second-order valence-electron chi connectivity index (χ2n) is 4.69. The minimum absolute atomic E-state index is 0.242. The average Bonchev–Trinajstić information content (AvgIpc) is 3.08. The molecule has 122 valence electrons. The minimum atomic E-state index is 0.242. The molecule has 0 radical (unpaired) electrons. The second-order valence-corrected chi connectivity index (χ2v) is 5.53. The molecule has 2 N–H and O–H groups in total. The van der Waals surface area contributed by atoms with Gasteiger partial charge in [-0.2, -0.15) is 10.3 Å². The van der Waals surface area contributed by atoms with Crippen molar-refractivity contribution >= 4 is 35.4 Å². The molecule has 0 aliphatic carbocycles. The third kappa shape index (κ3) is 4.21. The quantitative estimate of drug-likeness (QED) is 0.517. The number of nitrogens with zero attached hydrogens (tertiary/aromatic N) is 4. The Morgan fingerprint density at radius 1 is 1.21 bits per heavy atom. The van der Waals surface area contributed by atoms with Crippen LogP contribution >= 0.6 is 23.2 Å². The number of rotatable bonds is 6. The second kappa shape index (κ2) is 7.76. The highest BCUT2D eigenvalue weighted by Gasteiger charge is 2.10. The molecule has 0 saturated heterocycles. The van der Waals surface area contributed by atoms with Gasteiger partial charge in [0.1, 0.15) is 12.4 Å². The molecule has 0 bridgehead atoms. The fourth-order valence-electron chi connectivity index (χ4n) is 1.93. The lowest BCUT2D eigenvalue weighted by Crippen LogP contribution is -2.00. The lowest BCUT2D eigenvalue weighted by atomic mass is 10.2. The molecule has 0 unspecified atom stereocenters. The van der Waals surface area contributed by atoms with Crippen molar-refractivity contribution in [2.24, 2.45) is 5.10 Å². The van der Waals surface area contributed by atoms with E-state index in [0.717, 1.165) is 5.56 Å². The molecule has 9 heteroatoms. The van der Waals surface area contributed by atoms with Crippen LogP contribution in [0.3, 0.4) is 0 Å². The SMILES string of the molecule is Clc1cc(Cl)c(OCc2ccccc2)c(/C=N/Nc2nn[nH]n2)c1. The summed E-state index contributed by atoms with van der Waals surface area (Å²) in [5.74, 6) is 0.731. The first-order chi connectivity index (χ1) is 11.7. The normalized spacial score (nSPS) is 10.9. The molecule has 2 aromatic carbocycles. The molecule has 7 nitrogen and oxygen atoms in total. The largest absolute Gasteiger partial charge is 0.487 e. The van der Waals surface area contributed by atoms with Gasteiger partial charge in [0, 0.05) is 10.6 Å². The summed E-state index contributed by atoms with van der Waals surface area (Å²) >= 11 is 12.3. The lowest BCUT2D eigenvalue weighted by Gasteiger charge is -2.11. The summed E-state index contributed by atoms with van der Waals surface area (Å²) in [5, 5.41) is 18.1. The van der Waals surface area contributed by atoms with E-state index in [9.17, 15) is 0 Å². The lowest BCUT2D eigenvalue weighted by molar-refractivity contribution is 0.306. The van der Waals surface area contributed by atoms with E-state index < -0.39 is 0 Å².